The van der Waals surface area contributed by atoms with Crippen LogP contribution in [0.1, 0.15) is 15.9 Å². The molecule has 18 heavy (non-hydrogen) atoms. The van der Waals surface area contributed by atoms with Crippen LogP contribution >= 0.6 is 11.8 Å². The Bertz CT molecular complexity index is 625. The van der Waals surface area contributed by atoms with Gasteiger partial charge in [-0.3, -0.25) is 9.59 Å². The van der Waals surface area contributed by atoms with Gasteiger partial charge >= 0.3 is 5.97 Å². The summed E-state index contributed by atoms with van der Waals surface area (Å²) in [6.45, 7) is 1.93. The molecule has 2 rings (SSSR count). The van der Waals surface area contributed by atoms with E-state index in [4.69, 9.17) is 5.11 Å². The van der Waals surface area contributed by atoms with Crippen LogP contribution in [0.3, 0.4) is 0 Å². The minimum atomic E-state index is -0.927. The first-order valence-electron chi connectivity index (χ1n) is 5.32. The summed E-state index contributed by atoms with van der Waals surface area (Å²) in [6.07, 6.45) is 0.707. The Balaban J connectivity index is 2.53. The van der Waals surface area contributed by atoms with E-state index in [1.54, 1.807) is 6.07 Å². The van der Waals surface area contributed by atoms with Crippen molar-refractivity contribution in [3.05, 3.63) is 35.4 Å². The van der Waals surface area contributed by atoms with Gasteiger partial charge in [0, 0.05) is 10.9 Å². The Hall–Kier alpha value is -1.88. The fourth-order valence-corrected chi connectivity index (χ4v) is 2.37. The van der Waals surface area contributed by atoms with Gasteiger partial charge in [0.2, 0.25) is 0 Å². The number of aliphatic carboxylic acids is 1. The van der Waals surface area contributed by atoms with E-state index in [9.17, 15) is 9.59 Å². The maximum absolute atomic E-state index is 11.0. The van der Waals surface area contributed by atoms with Crippen molar-refractivity contribution in [2.24, 2.45) is 0 Å². The van der Waals surface area contributed by atoms with Gasteiger partial charge in [0.05, 0.1) is 11.3 Å². The average Bonchev–Trinajstić information content (AvgIpc) is 2.36. The molecule has 0 aliphatic carbocycles. The average molecular weight is 261 g/mol. The predicted molar refractivity (Wildman–Crippen MR) is 70.2 cm³/mol. The van der Waals surface area contributed by atoms with E-state index in [-0.39, 0.29) is 5.75 Å². The molecule has 92 valence electrons. The van der Waals surface area contributed by atoms with Crippen LogP contribution in [-0.2, 0) is 4.79 Å². The zero-order chi connectivity index (χ0) is 13.1. The monoisotopic (exact) mass is 261 g/mol. The molecule has 2 aromatic rings. The van der Waals surface area contributed by atoms with E-state index in [1.165, 1.54) is 0 Å². The topological polar surface area (TPSA) is 67.3 Å². The number of rotatable bonds is 4. The third kappa shape index (κ3) is 2.51. The second-order valence-corrected chi connectivity index (χ2v) is 4.79. The highest BCUT2D eigenvalue weighted by Gasteiger charge is 2.10. The molecule has 1 aromatic heterocycles. The molecule has 1 aromatic carbocycles. The predicted octanol–water partition coefficient (Wildman–Crippen LogP) is 2.53. The number of thioether (sulfide) groups is 1. The quantitative estimate of drug-likeness (QED) is 0.676. The van der Waals surface area contributed by atoms with Gasteiger partial charge in [0.15, 0.2) is 6.29 Å². The Labute approximate surface area is 108 Å². The highest BCUT2D eigenvalue weighted by molar-refractivity contribution is 8.00. The number of pyridine rings is 1. The molecule has 5 heteroatoms. The summed E-state index contributed by atoms with van der Waals surface area (Å²) in [5, 5.41) is 10.0. The maximum atomic E-state index is 11.0. The van der Waals surface area contributed by atoms with Crippen molar-refractivity contribution in [1.29, 1.82) is 0 Å². The van der Waals surface area contributed by atoms with Crippen molar-refractivity contribution in [3.8, 4) is 0 Å². The lowest BCUT2D eigenvalue weighted by molar-refractivity contribution is -0.133. The largest absolute Gasteiger partial charge is 0.481 e. The number of carbonyl (C=O) groups is 2. The van der Waals surface area contributed by atoms with Crippen LogP contribution in [0.25, 0.3) is 10.9 Å². The highest BCUT2D eigenvalue weighted by Crippen LogP contribution is 2.25. The van der Waals surface area contributed by atoms with Gasteiger partial charge in [0.25, 0.3) is 0 Å². The summed E-state index contributed by atoms with van der Waals surface area (Å²) in [5.41, 5.74) is 2.23. The van der Waals surface area contributed by atoms with E-state index < -0.39 is 5.97 Å². The van der Waals surface area contributed by atoms with Gasteiger partial charge in [-0.1, -0.05) is 30.0 Å². The number of fused-ring (bicyclic) bond motifs is 1. The first-order chi connectivity index (χ1) is 8.61. The molecule has 0 aliphatic heterocycles. The van der Waals surface area contributed by atoms with Crippen molar-refractivity contribution in [3.63, 3.8) is 0 Å². The number of hydrogen-bond donors (Lipinski definition) is 1. The Morgan fingerprint density at radius 1 is 1.50 bits per heavy atom. The number of carbonyl (C=O) groups excluding carboxylic acids is 1. The maximum Gasteiger partial charge on any atom is 0.313 e. The van der Waals surface area contributed by atoms with Crippen LogP contribution < -0.4 is 0 Å². The van der Waals surface area contributed by atoms with Crippen LogP contribution in [0, 0.1) is 6.92 Å². The number of aryl methyl sites for hydroxylation is 1. The Kier molecular flexibility index (Phi) is 3.62. The van der Waals surface area contributed by atoms with Crippen LogP contribution in [0.5, 0.6) is 0 Å². The number of benzene rings is 1. The molecule has 1 N–H and O–H groups in total. The minimum Gasteiger partial charge on any atom is -0.481 e. The number of para-hydroxylation sites is 1. The number of carboxylic acids is 1. The van der Waals surface area contributed by atoms with Gasteiger partial charge < -0.3 is 5.11 Å². The third-order valence-electron chi connectivity index (χ3n) is 2.50. The van der Waals surface area contributed by atoms with E-state index in [0.717, 1.165) is 28.2 Å². The highest BCUT2D eigenvalue weighted by atomic mass is 32.2. The number of hydrogen-bond acceptors (Lipinski definition) is 4. The first-order valence-corrected chi connectivity index (χ1v) is 6.30. The van der Waals surface area contributed by atoms with Crippen LogP contribution in [0.4, 0.5) is 0 Å². The molecule has 0 saturated carbocycles. The molecule has 0 radical (unpaired) electrons. The molecular weight excluding hydrogens is 250 g/mol. The zero-order valence-electron chi connectivity index (χ0n) is 9.71. The van der Waals surface area contributed by atoms with Crippen molar-refractivity contribution in [2.75, 3.05) is 5.75 Å². The minimum absolute atomic E-state index is 0.106. The SMILES string of the molecule is Cc1cccc2cc(C=O)c(SCC(=O)O)nc12. The molecule has 1 heterocycles. The Morgan fingerprint density at radius 3 is 2.94 bits per heavy atom. The molecule has 0 bridgehead atoms. The molecule has 0 unspecified atom stereocenters. The van der Waals surface area contributed by atoms with E-state index in [1.807, 2.05) is 25.1 Å². The number of aromatic nitrogens is 1. The van der Waals surface area contributed by atoms with Gasteiger partial charge in [-0.15, -0.1) is 0 Å². The zero-order valence-corrected chi connectivity index (χ0v) is 10.5. The lowest BCUT2D eigenvalue weighted by Crippen LogP contribution is -2.00. The van der Waals surface area contributed by atoms with Gasteiger partial charge in [-0.2, -0.15) is 0 Å². The smallest absolute Gasteiger partial charge is 0.313 e. The number of carboxylic acid groups (broad SMARTS) is 1. The normalized spacial score (nSPS) is 10.5. The standard InChI is InChI=1S/C13H11NO3S/c1-8-3-2-4-9-5-10(6-15)13(14-12(8)9)18-7-11(16)17/h2-6H,7H2,1H3,(H,16,17). The van der Waals surface area contributed by atoms with E-state index >= 15 is 0 Å². The second-order valence-electron chi connectivity index (χ2n) is 3.83. The lowest BCUT2D eigenvalue weighted by Gasteiger charge is -2.06. The van der Waals surface area contributed by atoms with Gasteiger partial charge in [0.1, 0.15) is 5.03 Å². The summed E-state index contributed by atoms with van der Waals surface area (Å²) in [5.74, 6) is -1.03. The molecule has 4 nitrogen and oxygen atoms in total. The van der Waals surface area contributed by atoms with Crippen molar-refractivity contribution in [1.82, 2.24) is 4.98 Å². The lowest BCUT2D eigenvalue weighted by atomic mass is 10.1. The van der Waals surface area contributed by atoms with Crippen LogP contribution in [0.15, 0.2) is 29.3 Å². The fourth-order valence-electron chi connectivity index (χ4n) is 1.68. The van der Waals surface area contributed by atoms with Crippen molar-refractivity contribution < 1.29 is 14.7 Å². The molecule has 0 amide bonds. The number of nitrogens with zero attached hydrogens (tertiary/aromatic N) is 1. The molecule has 0 saturated heterocycles. The molecular formula is C13H11NO3S. The van der Waals surface area contributed by atoms with Crippen molar-refractivity contribution >= 4 is 34.9 Å². The van der Waals surface area contributed by atoms with Crippen LogP contribution in [-0.4, -0.2) is 28.1 Å². The summed E-state index contributed by atoms with van der Waals surface area (Å²) in [4.78, 5) is 26.0. The third-order valence-corrected chi connectivity index (χ3v) is 3.49. The van der Waals surface area contributed by atoms with Gasteiger partial charge in [-0.05, 0) is 18.6 Å². The van der Waals surface area contributed by atoms with Crippen LogP contribution in [0.2, 0.25) is 0 Å². The summed E-state index contributed by atoms with van der Waals surface area (Å²) in [7, 11) is 0. The van der Waals surface area contributed by atoms with E-state index in [2.05, 4.69) is 4.98 Å². The summed E-state index contributed by atoms with van der Waals surface area (Å²) >= 11 is 1.06. The summed E-state index contributed by atoms with van der Waals surface area (Å²) < 4.78 is 0. The molecule has 0 aliphatic rings. The summed E-state index contributed by atoms with van der Waals surface area (Å²) in [6, 6.07) is 7.46. The van der Waals surface area contributed by atoms with Crippen molar-refractivity contribution in [2.45, 2.75) is 11.9 Å². The Morgan fingerprint density at radius 2 is 2.28 bits per heavy atom. The molecule has 0 spiro atoms. The fraction of sp³-hybridized carbons (Fsp3) is 0.154. The number of aldehydes is 1. The molecule has 0 fully saturated rings. The second kappa shape index (κ2) is 5.18. The molecule has 0 atom stereocenters. The first kappa shape index (κ1) is 12.6. The van der Waals surface area contributed by atoms with Gasteiger partial charge in [-0.25, -0.2) is 4.98 Å². The van der Waals surface area contributed by atoms with E-state index in [0.29, 0.717) is 16.9 Å².